The van der Waals surface area contributed by atoms with E-state index in [2.05, 4.69) is 12.2 Å². The van der Waals surface area contributed by atoms with E-state index in [9.17, 15) is 9.59 Å². The Labute approximate surface area is 183 Å². The molecule has 0 fully saturated rings. The molecule has 0 saturated heterocycles. The van der Waals surface area contributed by atoms with E-state index in [4.69, 9.17) is 14.2 Å². The maximum atomic E-state index is 13.3. The lowest BCUT2D eigenvalue weighted by Crippen LogP contribution is -2.60. The highest BCUT2D eigenvalue weighted by molar-refractivity contribution is 5.99. The Hall–Kier alpha value is -3.28. The molecule has 0 heterocycles. The van der Waals surface area contributed by atoms with Gasteiger partial charge in [0.1, 0.15) is 5.54 Å². The van der Waals surface area contributed by atoms with Gasteiger partial charge in [-0.15, -0.1) is 0 Å². The molecule has 1 N–H and O–H groups in total. The Morgan fingerprint density at radius 3 is 2.23 bits per heavy atom. The van der Waals surface area contributed by atoms with Crippen LogP contribution in [0.1, 0.15) is 48.5 Å². The summed E-state index contributed by atoms with van der Waals surface area (Å²) >= 11 is 0. The Bertz CT molecular complexity index is 998. The number of amides is 1. The van der Waals surface area contributed by atoms with Gasteiger partial charge in [0.25, 0.3) is 5.91 Å². The number of ether oxygens (including phenoxy) is 3. The summed E-state index contributed by atoms with van der Waals surface area (Å²) in [5, 5.41) is 3.05. The quantitative estimate of drug-likeness (QED) is 0.555. The van der Waals surface area contributed by atoms with Crippen molar-refractivity contribution in [1.82, 2.24) is 5.32 Å². The van der Waals surface area contributed by atoms with Crippen LogP contribution in [0.4, 0.5) is 0 Å². The fourth-order valence-electron chi connectivity index (χ4n) is 4.26. The first-order valence-electron chi connectivity index (χ1n) is 10.2. The van der Waals surface area contributed by atoms with Gasteiger partial charge < -0.3 is 19.5 Å². The molecular weight excluding hydrogens is 394 g/mol. The molecule has 6 heteroatoms. The van der Waals surface area contributed by atoms with Gasteiger partial charge in [-0.3, -0.25) is 4.79 Å². The summed E-state index contributed by atoms with van der Waals surface area (Å²) in [6.07, 6.45) is 0.967. The molecule has 0 saturated carbocycles. The highest BCUT2D eigenvalue weighted by Crippen LogP contribution is 2.46. The lowest BCUT2D eigenvalue weighted by atomic mass is 9.67. The first-order valence-corrected chi connectivity index (χ1v) is 10.2. The van der Waals surface area contributed by atoms with Gasteiger partial charge in [0, 0.05) is 17.9 Å². The number of methoxy groups -OCH3 is 3. The van der Waals surface area contributed by atoms with E-state index in [-0.39, 0.29) is 11.8 Å². The topological polar surface area (TPSA) is 73.9 Å². The SMILES string of the molecule is COC(=O)[C@@]1(NC(=O)c2ccccc2)CC(C)=C(C)C[C@@H]1c1ccc(OC)c(OC)c1. The van der Waals surface area contributed by atoms with Crippen molar-refractivity contribution < 1.29 is 23.8 Å². The molecular formula is C25H29NO5. The van der Waals surface area contributed by atoms with Crippen molar-refractivity contribution in [2.75, 3.05) is 21.3 Å². The minimum absolute atomic E-state index is 0.316. The number of carbonyl (C=O) groups is 2. The Morgan fingerprint density at radius 1 is 0.935 bits per heavy atom. The number of carbonyl (C=O) groups excluding carboxylic acids is 2. The van der Waals surface area contributed by atoms with Gasteiger partial charge in [0.2, 0.25) is 0 Å². The zero-order chi connectivity index (χ0) is 22.6. The summed E-state index contributed by atoms with van der Waals surface area (Å²) < 4.78 is 16.1. The molecule has 1 amide bonds. The van der Waals surface area contributed by atoms with Crippen LogP contribution in [0.3, 0.4) is 0 Å². The van der Waals surface area contributed by atoms with Gasteiger partial charge >= 0.3 is 5.97 Å². The van der Waals surface area contributed by atoms with Gasteiger partial charge in [-0.25, -0.2) is 4.79 Å². The summed E-state index contributed by atoms with van der Waals surface area (Å²) in [6, 6.07) is 14.5. The lowest BCUT2D eigenvalue weighted by Gasteiger charge is -2.43. The molecule has 0 unspecified atom stereocenters. The number of nitrogens with one attached hydrogen (secondary N) is 1. The molecule has 1 aliphatic carbocycles. The summed E-state index contributed by atoms with van der Waals surface area (Å²) in [5.41, 5.74) is 2.36. The van der Waals surface area contributed by atoms with Crippen molar-refractivity contribution >= 4 is 11.9 Å². The van der Waals surface area contributed by atoms with E-state index in [1.807, 2.05) is 31.2 Å². The molecule has 2 atom stereocenters. The van der Waals surface area contributed by atoms with Crippen molar-refractivity contribution in [3.63, 3.8) is 0 Å². The summed E-state index contributed by atoms with van der Waals surface area (Å²) in [7, 11) is 4.50. The number of allylic oxidation sites excluding steroid dienone is 1. The molecule has 2 aromatic carbocycles. The minimum Gasteiger partial charge on any atom is -0.493 e. The molecule has 0 bridgehead atoms. The predicted molar refractivity (Wildman–Crippen MR) is 119 cm³/mol. The zero-order valence-corrected chi connectivity index (χ0v) is 18.7. The van der Waals surface area contributed by atoms with Crippen LogP contribution in [0.2, 0.25) is 0 Å². The van der Waals surface area contributed by atoms with E-state index in [0.29, 0.717) is 29.9 Å². The third kappa shape index (κ3) is 4.29. The number of hydrogen-bond acceptors (Lipinski definition) is 5. The van der Waals surface area contributed by atoms with Crippen LogP contribution >= 0.6 is 0 Å². The van der Waals surface area contributed by atoms with Crippen LogP contribution in [0.5, 0.6) is 11.5 Å². The maximum Gasteiger partial charge on any atom is 0.332 e. The van der Waals surface area contributed by atoms with Crippen molar-refractivity contribution in [3.8, 4) is 11.5 Å². The Morgan fingerprint density at radius 2 is 1.61 bits per heavy atom. The summed E-state index contributed by atoms with van der Waals surface area (Å²) in [6.45, 7) is 4.05. The Balaban J connectivity index is 2.13. The average Bonchev–Trinajstić information content (AvgIpc) is 2.80. The normalized spacial score (nSPS) is 20.7. The van der Waals surface area contributed by atoms with Gasteiger partial charge in [-0.2, -0.15) is 0 Å². The number of rotatable bonds is 6. The van der Waals surface area contributed by atoms with E-state index in [0.717, 1.165) is 11.1 Å². The second-order valence-electron chi connectivity index (χ2n) is 7.89. The van der Waals surface area contributed by atoms with Crippen LogP contribution in [-0.2, 0) is 9.53 Å². The van der Waals surface area contributed by atoms with Crippen LogP contribution in [0.15, 0.2) is 59.7 Å². The highest BCUT2D eigenvalue weighted by atomic mass is 16.5. The molecule has 2 aromatic rings. The molecule has 164 valence electrons. The van der Waals surface area contributed by atoms with E-state index in [1.54, 1.807) is 38.5 Å². The van der Waals surface area contributed by atoms with Crippen LogP contribution in [0, 0.1) is 0 Å². The summed E-state index contributed by atoms with van der Waals surface area (Å²) in [5.74, 6) is 0.0444. The molecule has 6 nitrogen and oxygen atoms in total. The minimum atomic E-state index is -1.25. The van der Waals surface area contributed by atoms with Crippen LogP contribution < -0.4 is 14.8 Å². The zero-order valence-electron chi connectivity index (χ0n) is 18.7. The largest absolute Gasteiger partial charge is 0.493 e. The molecule has 31 heavy (non-hydrogen) atoms. The number of hydrogen-bond donors (Lipinski definition) is 1. The monoisotopic (exact) mass is 423 g/mol. The van der Waals surface area contributed by atoms with E-state index < -0.39 is 11.5 Å². The van der Waals surface area contributed by atoms with Gasteiger partial charge in [-0.1, -0.05) is 35.4 Å². The molecule has 1 aliphatic rings. The molecule has 0 aliphatic heterocycles. The fourth-order valence-corrected chi connectivity index (χ4v) is 4.26. The third-order valence-electron chi connectivity index (χ3n) is 6.11. The maximum absolute atomic E-state index is 13.3. The van der Waals surface area contributed by atoms with E-state index >= 15 is 0 Å². The molecule has 0 aromatic heterocycles. The van der Waals surface area contributed by atoms with Crippen molar-refractivity contribution in [1.29, 1.82) is 0 Å². The molecule has 0 radical (unpaired) electrons. The smallest absolute Gasteiger partial charge is 0.332 e. The van der Waals surface area contributed by atoms with Gasteiger partial charge in [0.05, 0.1) is 21.3 Å². The van der Waals surface area contributed by atoms with Crippen molar-refractivity contribution in [2.45, 2.75) is 38.1 Å². The molecule has 0 spiro atoms. The van der Waals surface area contributed by atoms with Crippen LogP contribution in [0.25, 0.3) is 0 Å². The fraction of sp³-hybridized carbons (Fsp3) is 0.360. The second-order valence-corrected chi connectivity index (χ2v) is 7.89. The highest BCUT2D eigenvalue weighted by Gasteiger charge is 2.51. The van der Waals surface area contributed by atoms with Crippen LogP contribution in [-0.4, -0.2) is 38.7 Å². The van der Waals surface area contributed by atoms with Gasteiger partial charge in [-0.05, 0) is 50.1 Å². The first kappa shape index (κ1) is 22.4. The van der Waals surface area contributed by atoms with Crippen molar-refractivity contribution in [2.24, 2.45) is 0 Å². The summed E-state index contributed by atoms with van der Waals surface area (Å²) in [4.78, 5) is 26.4. The number of benzene rings is 2. The predicted octanol–water partition coefficient (Wildman–Crippen LogP) is 4.26. The van der Waals surface area contributed by atoms with Crippen molar-refractivity contribution in [3.05, 3.63) is 70.8 Å². The van der Waals surface area contributed by atoms with Gasteiger partial charge in [0.15, 0.2) is 11.5 Å². The lowest BCUT2D eigenvalue weighted by molar-refractivity contribution is -0.149. The Kier molecular flexibility index (Phi) is 6.68. The third-order valence-corrected chi connectivity index (χ3v) is 6.11. The standard InChI is InChI=1S/C25H29NO5/c1-16-13-20(19-11-12-21(29-3)22(14-19)30-4)25(15-17(16)2,24(28)31-5)26-23(27)18-9-7-6-8-10-18/h6-12,14,20H,13,15H2,1-5H3,(H,26,27)/t20-,25-/m1/s1. The molecule has 3 rings (SSSR count). The second kappa shape index (κ2) is 9.25. The van der Waals surface area contributed by atoms with E-state index in [1.165, 1.54) is 12.7 Å². The average molecular weight is 424 g/mol. The first-order chi connectivity index (χ1) is 14.9. The number of esters is 1.